The van der Waals surface area contributed by atoms with Crippen molar-refractivity contribution in [1.29, 1.82) is 0 Å². The molecule has 0 aliphatic carbocycles. The van der Waals surface area contributed by atoms with E-state index in [1.165, 1.54) is 10.5 Å². The Morgan fingerprint density at radius 3 is 1.92 bits per heavy atom. The summed E-state index contributed by atoms with van der Waals surface area (Å²) < 4.78 is 58.9. The molecule has 0 amide bonds. The van der Waals surface area contributed by atoms with E-state index in [-0.39, 0.29) is 10.9 Å². The number of phenols is 1. The van der Waals surface area contributed by atoms with E-state index in [9.17, 15) is 18.3 Å². The van der Waals surface area contributed by atoms with Crippen LogP contribution in [0.5, 0.6) is 5.75 Å². The quantitative estimate of drug-likeness (QED) is 0.504. The van der Waals surface area contributed by atoms with Gasteiger partial charge in [0.25, 0.3) is 0 Å². The average Bonchev–Trinajstić information content (AvgIpc) is 2.47. The van der Waals surface area contributed by atoms with Crippen molar-refractivity contribution in [2.24, 2.45) is 0 Å². The van der Waals surface area contributed by atoms with Gasteiger partial charge in [-0.15, -0.1) is 0 Å². The number of hydrogen-bond acceptors (Lipinski definition) is 4. The van der Waals surface area contributed by atoms with Gasteiger partial charge in [-0.05, 0) is 24.3 Å². The van der Waals surface area contributed by atoms with Crippen LogP contribution in [0.2, 0.25) is 0 Å². The predicted molar refractivity (Wildman–Crippen MR) is 85.6 cm³/mol. The topological polar surface area (TPSA) is 77.4 Å². The molecule has 0 heterocycles. The van der Waals surface area contributed by atoms with Gasteiger partial charge in [-0.3, -0.25) is 0 Å². The van der Waals surface area contributed by atoms with Gasteiger partial charge in [0.1, 0.15) is 17.8 Å². The fraction of sp³-hybridized carbons (Fsp3) is 0.200. The minimum absolute atomic E-state index is 0.196. The molecule has 0 fully saturated rings. The Morgan fingerprint density at radius 1 is 1.04 bits per heavy atom. The van der Waals surface area contributed by atoms with Gasteiger partial charge in [0.15, 0.2) is 15.0 Å². The normalized spacial score (nSPS) is 12.9. The Kier molecular flexibility index (Phi) is 7.12. The molecule has 24 heavy (non-hydrogen) atoms. The average molecular weight is 380 g/mol. The lowest BCUT2D eigenvalue weighted by Crippen LogP contribution is -2.21. The van der Waals surface area contributed by atoms with Crippen LogP contribution in [0.15, 0.2) is 59.5 Å². The number of benzene rings is 2. The summed E-state index contributed by atoms with van der Waals surface area (Å²) in [6.07, 6.45) is 2.24. The molecule has 0 saturated heterocycles. The molecule has 0 radical (unpaired) electrons. The van der Waals surface area contributed by atoms with Crippen molar-refractivity contribution in [2.45, 2.75) is 16.2 Å². The van der Waals surface area contributed by atoms with E-state index in [4.69, 9.17) is 13.0 Å². The van der Waals surface area contributed by atoms with E-state index in [2.05, 4.69) is 30.5 Å². The third kappa shape index (κ3) is 6.81. The van der Waals surface area contributed by atoms with Crippen molar-refractivity contribution < 1.29 is 31.2 Å². The summed E-state index contributed by atoms with van der Waals surface area (Å²) >= 11 is 0. The van der Waals surface area contributed by atoms with Gasteiger partial charge in [0.05, 0.1) is 0 Å². The first-order valence-corrected chi connectivity index (χ1v) is 9.69. The molecule has 0 spiro atoms. The van der Waals surface area contributed by atoms with Crippen molar-refractivity contribution in [3.8, 4) is 5.75 Å². The Labute approximate surface area is 141 Å². The zero-order chi connectivity index (χ0) is 18.4. The second-order valence-electron chi connectivity index (χ2n) is 4.66. The molecule has 1 atom stereocenters. The molecule has 9 heteroatoms. The fourth-order valence-electron chi connectivity index (χ4n) is 1.59. The molecule has 4 nitrogen and oxygen atoms in total. The summed E-state index contributed by atoms with van der Waals surface area (Å²) in [7, 11) is -5.89. The highest BCUT2D eigenvalue weighted by Crippen LogP contribution is 2.20. The maximum Gasteiger partial charge on any atom is 0.485 e. The van der Waals surface area contributed by atoms with Crippen LogP contribution < -0.4 is 0 Å². The van der Waals surface area contributed by atoms with Crippen LogP contribution in [0.1, 0.15) is 5.56 Å². The second kappa shape index (κ2) is 8.41. The zero-order valence-corrected chi connectivity index (χ0v) is 14.2. The van der Waals surface area contributed by atoms with Crippen LogP contribution in [0.25, 0.3) is 0 Å². The fourth-order valence-corrected chi connectivity index (χ4v) is 3.05. The molecule has 0 saturated carbocycles. The monoisotopic (exact) mass is 380 g/mol. The van der Waals surface area contributed by atoms with Crippen molar-refractivity contribution >= 4 is 21.0 Å². The number of rotatable bonds is 3. The smallest absolute Gasteiger partial charge is 0.485 e. The Bertz CT molecular complexity index is 730. The van der Waals surface area contributed by atoms with Crippen LogP contribution >= 0.6 is 0 Å². The van der Waals surface area contributed by atoms with E-state index in [0.717, 1.165) is 5.75 Å². The summed E-state index contributed by atoms with van der Waals surface area (Å²) in [5.74, 6) is 1.39. The molecule has 2 rings (SSSR count). The highest BCUT2D eigenvalue weighted by atomic mass is 32.2. The van der Waals surface area contributed by atoms with Gasteiger partial charge >= 0.3 is 5.51 Å². The third-order valence-corrected chi connectivity index (χ3v) is 5.16. The number of hydrogen-bond donors (Lipinski definition) is 1. The number of alkyl halides is 3. The molecule has 1 N–H and O–H groups in total. The zero-order valence-electron chi connectivity index (χ0n) is 12.5. The summed E-state index contributed by atoms with van der Waals surface area (Å²) in [5, 5.41) is 9.23. The Hall–Kier alpha value is -1.71. The SMILES string of the molecule is C[S+](Cc1ccccc1)c1ccc(O)cc1.O=S(=O)([O-])C(F)(F)F. The van der Waals surface area contributed by atoms with E-state index in [1.807, 2.05) is 18.2 Å². The minimum atomic E-state index is -6.09. The maximum absolute atomic E-state index is 10.7. The predicted octanol–water partition coefficient (Wildman–Crippen LogP) is 3.25. The Balaban J connectivity index is 0.000000307. The lowest BCUT2D eigenvalue weighted by Gasteiger charge is -2.08. The lowest BCUT2D eigenvalue weighted by atomic mass is 10.2. The lowest BCUT2D eigenvalue weighted by molar-refractivity contribution is -0.0517. The summed E-state index contributed by atoms with van der Waals surface area (Å²) in [6.45, 7) is 0. The third-order valence-electron chi connectivity index (χ3n) is 2.75. The molecule has 0 bridgehead atoms. The molecule has 132 valence electrons. The first-order chi connectivity index (χ1) is 11.0. The van der Waals surface area contributed by atoms with Gasteiger partial charge in [-0.25, -0.2) is 8.42 Å². The maximum atomic E-state index is 10.7. The molecule has 2 aromatic carbocycles. The number of aromatic hydroxyl groups is 1. The molecular weight excluding hydrogens is 365 g/mol. The van der Waals surface area contributed by atoms with E-state index < -0.39 is 15.6 Å². The van der Waals surface area contributed by atoms with Gasteiger partial charge in [-0.1, -0.05) is 30.3 Å². The van der Waals surface area contributed by atoms with Crippen molar-refractivity contribution in [3.05, 3.63) is 60.2 Å². The van der Waals surface area contributed by atoms with Crippen LogP contribution in [0.3, 0.4) is 0 Å². The molecule has 0 aliphatic rings. The van der Waals surface area contributed by atoms with Crippen LogP contribution in [0, 0.1) is 0 Å². The summed E-state index contributed by atoms with van der Waals surface area (Å²) in [6, 6.07) is 18.0. The van der Waals surface area contributed by atoms with Crippen LogP contribution in [-0.4, -0.2) is 29.8 Å². The first-order valence-electron chi connectivity index (χ1n) is 6.48. The minimum Gasteiger partial charge on any atom is -0.741 e. The van der Waals surface area contributed by atoms with E-state index in [1.54, 1.807) is 12.1 Å². The molecule has 0 aromatic heterocycles. The van der Waals surface area contributed by atoms with Gasteiger partial charge < -0.3 is 9.66 Å². The highest BCUT2D eigenvalue weighted by Gasteiger charge is 2.36. The van der Waals surface area contributed by atoms with Crippen LogP contribution in [-0.2, 0) is 26.8 Å². The second-order valence-corrected chi connectivity index (χ2v) is 8.07. The number of phenolic OH excluding ortho intramolecular Hbond substituents is 1. The van der Waals surface area contributed by atoms with Crippen molar-refractivity contribution in [2.75, 3.05) is 6.26 Å². The molecule has 1 unspecified atom stereocenters. The largest absolute Gasteiger partial charge is 0.741 e. The first kappa shape index (κ1) is 20.3. The Morgan fingerprint density at radius 2 is 1.50 bits per heavy atom. The molecular formula is C15H15F3O4S2. The summed E-state index contributed by atoms with van der Waals surface area (Å²) in [4.78, 5) is 1.29. The van der Waals surface area contributed by atoms with Gasteiger partial charge in [0, 0.05) is 16.5 Å². The van der Waals surface area contributed by atoms with E-state index >= 15 is 0 Å². The summed E-state index contributed by atoms with van der Waals surface area (Å²) in [5.41, 5.74) is -4.28. The molecule has 0 aliphatic heterocycles. The highest BCUT2D eigenvalue weighted by molar-refractivity contribution is 7.95. The van der Waals surface area contributed by atoms with Crippen molar-refractivity contribution in [3.63, 3.8) is 0 Å². The standard InChI is InChI=1S/C14H14OS.CHF3O3S/c1-16(11-12-5-3-2-4-6-12)14-9-7-13(15)8-10-14;2-1(3,4)8(5,6)7/h2-10H,11H2,1H3;(H,5,6,7). The van der Waals surface area contributed by atoms with E-state index in [0.29, 0.717) is 5.75 Å². The van der Waals surface area contributed by atoms with Crippen LogP contribution in [0.4, 0.5) is 13.2 Å². The number of halogens is 3. The van der Waals surface area contributed by atoms with Crippen molar-refractivity contribution in [1.82, 2.24) is 0 Å². The van der Waals surface area contributed by atoms with Gasteiger partial charge in [-0.2, -0.15) is 13.2 Å². The van der Waals surface area contributed by atoms with Gasteiger partial charge in [0.2, 0.25) is 0 Å². The molecule has 2 aromatic rings.